The van der Waals surface area contributed by atoms with E-state index in [-0.39, 0.29) is 12.5 Å². The number of methoxy groups -OCH3 is 3. The third kappa shape index (κ3) is 4.26. The van der Waals surface area contributed by atoms with Crippen LogP contribution in [0.25, 0.3) is 6.08 Å². The Kier molecular flexibility index (Phi) is 6.57. The summed E-state index contributed by atoms with van der Waals surface area (Å²) in [5.41, 5.74) is 3.19. The number of hydrogen-bond donors (Lipinski definition) is 1. The number of nitrogens with zero attached hydrogens (tertiary/aromatic N) is 3. The van der Waals surface area contributed by atoms with Gasteiger partial charge in [0.2, 0.25) is 5.75 Å². The summed E-state index contributed by atoms with van der Waals surface area (Å²) in [6.07, 6.45) is 2.36. The van der Waals surface area contributed by atoms with Crippen molar-refractivity contribution in [2.24, 2.45) is 4.99 Å². The number of rotatable bonds is 7. The van der Waals surface area contributed by atoms with E-state index < -0.39 is 0 Å². The summed E-state index contributed by atoms with van der Waals surface area (Å²) >= 11 is 1.52. The maximum absolute atomic E-state index is 13.1. The molecule has 1 fully saturated rings. The molecule has 2 aliphatic heterocycles. The maximum Gasteiger partial charge on any atom is 0.280 e. The third-order valence-electron chi connectivity index (χ3n) is 5.27. The second-order valence-electron chi connectivity index (χ2n) is 7.21. The zero-order valence-electron chi connectivity index (χ0n) is 18.2. The number of carbonyl (C=O) groups excluding carboxylic acids is 1. The SMILES string of the molecule is COc1cc(/C=C2\N=C3SCN(c4ccc(CCO)cc4)CN3C2=O)cc(OC)c1OC. The first kappa shape index (κ1) is 22.0. The molecule has 2 aromatic carbocycles. The molecule has 1 amide bonds. The van der Waals surface area contributed by atoms with Gasteiger partial charge in [0.05, 0.1) is 27.2 Å². The van der Waals surface area contributed by atoms with E-state index in [4.69, 9.17) is 19.3 Å². The highest BCUT2D eigenvalue weighted by Gasteiger charge is 2.35. The Balaban J connectivity index is 1.55. The van der Waals surface area contributed by atoms with Crippen LogP contribution in [-0.4, -0.2) is 61.6 Å². The molecule has 2 aromatic rings. The number of aliphatic hydroxyl groups excluding tert-OH is 1. The molecular formula is C23H25N3O5S. The van der Waals surface area contributed by atoms with Crippen LogP contribution in [0.2, 0.25) is 0 Å². The zero-order chi connectivity index (χ0) is 22.7. The first-order chi connectivity index (χ1) is 15.6. The topological polar surface area (TPSA) is 83.8 Å². The largest absolute Gasteiger partial charge is 0.493 e. The molecule has 0 spiro atoms. The van der Waals surface area contributed by atoms with Crippen LogP contribution >= 0.6 is 11.8 Å². The Bertz CT molecular complexity index is 1040. The Morgan fingerprint density at radius 1 is 1.09 bits per heavy atom. The number of ether oxygens (including phenoxy) is 3. The molecule has 4 rings (SSSR count). The van der Waals surface area contributed by atoms with Crippen molar-refractivity contribution in [1.82, 2.24) is 4.90 Å². The van der Waals surface area contributed by atoms with E-state index in [0.29, 0.717) is 47.1 Å². The molecule has 2 heterocycles. The zero-order valence-corrected chi connectivity index (χ0v) is 19.0. The van der Waals surface area contributed by atoms with Gasteiger partial charge in [-0.25, -0.2) is 4.99 Å². The minimum Gasteiger partial charge on any atom is -0.493 e. The third-order valence-corrected chi connectivity index (χ3v) is 6.28. The van der Waals surface area contributed by atoms with Gasteiger partial charge in [0, 0.05) is 12.3 Å². The van der Waals surface area contributed by atoms with E-state index in [2.05, 4.69) is 9.89 Å². The Labute approximate surface area is 191 Å². The fourth-order valence-corrected chi connectivity index (χ4v) is 4.58. The molecule has 0 aliphatic carbocycles. The quantitative estimate of drug-likeness (QED) is 0.643. The van der Waals surface area contributed by atoms with Gasteiger partial charge in [-0.15, -0.1) is 0 Å². The number of thioether (sulfide) groups is 1. The number of amides is 1. The smallest absolute Gasteiger partial charge is 0.280 e. The minimum absolute atomic E-state index is 0.127. The van der Waals surface area contributed by atoms with E-state index in [1.165, 1.54) is 11.8 Å². The Morgan fingerprint density at radius 3 is 2.38 bits per heavy atom. The molecule has 168 valence electrons. The second kappa shape index (κ2) is 9.54. The van der Waals surface area contributed by atoms with Crippen LogP contribution in [0.4, 0.5) is 5.69 Å². The number of carbonyl (C=O) groups is 1. The van der Waals surface area contributed by atoms with E-state index in [0.717, 1.165) is 16.8 Å². The number of anilines is 1. The van der Waals surface area contributed by atoms with Gasteiger partial charge in [0.1, 0.15) is 12.4 Å². The molecule has 32 heavy (non-hydrogen) atoms. The van der Waals surface area contributed by atoms with Crippen LogP contribution < -0.4 is 19.1 Å². The van der Waals surface area contributed by atoms with Crippen molar-refractivity contribution in [2.45, 2.75) is 6.42 Å². The van der Waals surface area contributed by atoms with Gasteiger partial charge in [-0.2, -0.15) is 0 Å². The molecule has 0 radical (unpaired) electrons. The van der Waals surface area contributed by atoms with Gasteiger partial charge in [-0.05, 0) is 47.9 Å². The molecule has 0 unspecified atom stereocenters. The van der Waals surface area contributed by atoms with Crippen LogP contribution in [-0.2, 0) is 11.2 Å². The highest BCUT2D eigenvalue weighted by molar-refractivity contribution is 8.14. The molecule has 0 aromatic heterocycles. The molecule has 2 aliphatic rings. The van der Waals surface area contributed by atoms with Crippen molar-refractivity contribution in [1.29, 1.82) is 0 Å². The Hall–Kier alpha value is -3.17. The van der Waals surface area contributed by atoms with Crippen LogP contribution in [0, 0.1) is 0 Å². The fourth-order valence-electron chi connectivity index (χ4n) is 3.61. The molecule has 0 atom stereocenters. The van der Waals surface area contributed by atoms with Crippen LogP contribution in [0.1, 0.15) is 11.1 Å². The number of fused-ring (bicyclic) bond motifs is 1. The first-order valence-corrected chi connectivity index (χ1v) is 11.1. The van der Waals surface area contributed by atoms with Crippen LogP contribution in [0.5, 0.6) is 17.2 Å². The van der Waals surface area contributed by atoms with E-state index >= 15 is 0 Å². The average molecular weight is 456 g/mol. The van der Waals surface area contributed by atoms with Crippen molar-refractivity contribution in [2.75, 3.05) is 45.4 Å². The predicted molar refractivity (Wildman–Crippen MR) is 125 cm³/mol. The van der Waals surface area contributed by atoms with Crippen LogP contribution in [0.15, 0.2) is 47.1 Å². The van der Waals surface area contributed by atoms with Gasteiger partial charge in [0.15, 0.2) is 16.7 Å². The van der Waals surface area contributed by atoms with Crippen LogP contribution in [0.3, 0.4) is 0 Å². The monoisotopic (exact) mass is 455 g/mol. The Morgan fingerprint density at radius 2 is 1.78 bits per heavy atom. The van der Waals surface area contributed by atoms with Crippen molar-refractivity contribution in [3.8, 4) is 17.2 Å². The van der Waals surface area contributed by atoms with Gasteiger partial charge in [0.25, 0.3) is 5.91 Å². The highest BCUT2D eigenvalue weighted by atomic mass is 32.2. The number of amidine groups is 1. The molecule has 1 saturated heterocycles. The summed E-state index contributed by atoms with van der Waals surface area (Å²) in [5.74, 6) is 2.07. The molecule has 9 heteroatoms. The number of aliphatic hydroxyl groups is 1. The summed E-state index contributed by atoms with van der Waals surface area (Å²) in [6, 6.07) is 11.6. The summed E-state index contributed by atoms with van der Waals surface area (Å²) in [5, 5.41) is 9.78. The second-order valence-corrected chi connectivity index (χ2v) is 8.12. The van der Waals surface area contributed by atoms with E-state index in [1.54, 1.807) is 44.4 Å². The summed E-state index contributed by atoms with van der Waals surface area (Å²) in [7, 11) is 4.65. The summed E-state index contributed by atoms with van der Waals surface area (Å²) in [6.45, 7) is 0.554. The molecule has 0 bridgehead atoms. The van der Waals surface area contributed by atoms with Crippen molar-refractivity contribution < 1.29 is 24.1 Å². The average Bonchev–Trinajstić information content (AvgIpc) is 3.13. The molecule has 0 saturated carbocycles. The number of aliphatic imine (C=N–C) groups is 1. The molecule has 8 nitrogen and oxygen atoms in total. The first-order valence-electron chi connectivity index (χ1n) is 10.1. The van der Waals surface area contributed by atoms with Crippen molar-refractivity contribution in [3.63, 3.8) is 0 Å². The fraction of sp³-hybridized carbons (Fsp3) is 0.304. The lowest BCUT2D eigenvalue weighted by Gasteiger charge is -2.34. The van der Waals surface area contributed by atoms with Gasteiger partial charge < -0.3 is 24.2 Å². The van der Waals surface area contributed by atoms with Gasteiger partial charge >= 0.3 is 0 Å². The lowest BCUT2D eigenvalue weighted by molar-refractivity contribution is -0.122. The standard InChI is InChI=1S/C23H25N3O5S/c1-29-19-11-16(12-20(30-2)21(19)31-3)10-18-22(28)26-13-25(14-32-23(26)24-18)17-6-4-15(5-7-17)8-9-27/h4-7,10-12,27H,8-9,13-14H2,1-3H3/b18-10-. The van der Waals surface area contributed by atoms with Crippen molar-refractivity contribution in [3.05, 3.63) is 53.2 Å². The van der Waals surface area contributed by atoms with Gasteiger partial charge in [-0.1, -0.05) is 23.9 Å². The highest BCUT2D eigenvalue weighted by Crippen LogP contribution is 2.39. The number of hydrogen-bond acceptors (Lipinski definition) is 8. The lowest BCUT2D eigenvalue weighted by Crippen LogP contribution is -2.46. The molecular weight excluding hydrogens is 430 g/mol. The van der Waals surface area contributed by atoms with E-state index in [9.17, 15) is 4.79 Å². The van der Waals surface area contributed by atoms with E-state index in [1.807, 2.05) is 24.3 Å². The normalized spacial score (nSPS) is 16.8. The summed E-state index contributed by atoms with van der Waals surface area (Å²) in [4.78, 5) is 21.4. The lowest BCUT2D eigenvalue weighted by atomic mass is 10.1. The maximum atomic E-state index is 13.1. The summed E-state index contributed by atoms with van der Waals surface area (Å²) < 4.78 is 16.2. The van der Waals surface area contributed by atoms with Crippen molar-refractivity contribution >= 4 is 34.6 Å². The predicted octanol–water partition coefficient (Wildman–Crippen LogP) is 2.95. The van der Waals surface area contributed by atoms with Gasteiger partial charge in [-0.3, -0.25) is 9.69 Å². The number of benzene rings is 2. The minimum atomic E-state index is -0.150. The molecule has 1 N–H and O–H groups in total.